The Hall–Kier alpha value is -2.14. The summed E-state index contributed by atoms with van der Waals surface area (Å²) in [5.74, 6) is 1.64. The van der Waals surface area contributed by atoms with Gasteiger partial charge in [-0.05, 0) is 30.7 Å². The van der Waals surface area contributed by atoms with E-state index in [0.29, 0.717) is 5.82 Å². The molecule has 0 saturated carbocycles. The van der Waals surface area contributed by atoms with E-state index in [0.717, 1.165) is 24.3 Å². The Labute approximate surface area is 124 Å². The van der Waals surface area contributed by atoms with Crippen molar-refractivity contribution in [3.8, 4) is 22.9 Å². The number of rotatable bonds is 8. The summed E-state index contributed by atoms with van der Waals surface area (Å²) in [7, 11) is 0. The van der Waals surface area contributed by atoms with Crippen LogP contribution in [0.25, 0.3) is 11.4 Å². The van der Waals surface area contributed by atoms with Gasteiger partial charge in [0.2, 0.25) is 5.75 Å². The predicted octanol–water partition coefficient (Wildman–Crippen LogP) is 3.95. The normalized spacial score (nSPS) is 10.4. The molecule has 2 rings (SSSR count). The van der Waals surface area contributed by atoms with Crippen LogP contribution in [0.1, 0.15) is 32.6 Å². The second kappa shape index (κ2) is 8.21. The highest BCUT2D eigenvalue weighted by molar-refractivity contribution is 5.56. The number of ether oxygens (including phenoxy) is 1. The van der Waals surface area contributed by atoms with E-state index in [2.05, 4.69) is 21.8 Å². The van der Waals surface area contributed by atoms with Gasteiger partial charge in [-0.15, -0.1) is 0 Å². The Morgan fingerprint density at radius 2 is 1.67 bits per heavy atom. The third-order valence-corrected chi connectivity index (χ3v) is 3.11. The van der Waals surface area contributed by atoms with Gasteiger partial charge in [0.25, 0.3) is 0 Å². The van der Waals surface area contributed by atoms with E-state index in [4.69, 9.17) is 9.99 Å². The van der Waals surface area contributed by atoms with Gasteiger partial charge in [0.05, 0.1) is 19.0 Å². The van der Waals surface area contributed by atoms with E-state index in [1.54, 1.807) is 0 Å². The summed E-state index contributed by atoms with van der Waals surface area (Å²) in [6.07, 6.45) is 7.62. The summed E-state index contributed by atoms with van der Waals surface area (Å²) < 4.78 is 5.69. The molecule has 112 valence electrons. The van der Waals surface area contributed by atoms with E-state index in [1.165, 1.54) is 31.7 Å². The first-order chi connectivity index (χ1) is 10.3. The van der Waals surface area contributed by atoms with Crippen LogP contribution in [0.3, 0.4) is 0 Å². The van der Waals surface area contributed by atoms with Crippen molar-refractivity contribution in [2.24, 2.45) is 0 Å². The number of hydrogen-bond donors (Lipinski definition) is 1. The van der Waals surface area contributed by atoms with Crippen molar-refractivity contribution >= 4 is 0 Å². The minimum Gasteiger partial charge on any atom is -0.494 e. The monoisotopic (exact) mass is 288 g/mol. The molecule has 1 aromatic carbocycles. The quantitative estimate of drug-likeness (QED) is 0.452. The van der Waals surface area contributed by atoms with Crippen molar-refractivity contribution in [2.45, 2.75) is 32.6 Å². The summed E-state index contributed by atoms with van der Waals surface area (Å²) >= 11 is 0. The average Bonchev–Trinajstić information content (AvgIpc) is 2.55. The summed E-state index contributed by atoms with van der Waals surface area (Å²) in [6.45, 7) is 2.94. The maximum absolute atomic E-state index is 8.48. The molecule has 0 amide bonds. The fourth-order valence-corrected chi connectivity index (χ4v) is 1.93. The number of aromatic nitrogens is 2. The fraction of sp³-hybridized carbons (Fsp3) is 0.375. The largest absolute Gasteiger partial charge is 0.494 e. The highest BCUT2D eigenvalue weighted by Crippen LogP contribution is 2.20. The van der Waals surface area contributed by atoms with Gasteiger partial charge in [0.1, 0.15) is 5.75 Å². The fourth-order valence-electron chi connectivity index (χ4n) is 1.93. The Balaban J connectivity index is 1.88. The van der Waals surface area contributed by atoms with Crippen LogP contribution in [0.2, 0.25) is 0 Å². The van der Waals surface area contributed by atoms with Gasteiger partial charge in [-0.2, -0.15) is 0 Å². The molecule has 1 N–H and O–H groups in total. The zero-order valence-corrected chi connectivity index (χ0v) is 12.2. The molecule has 0 aliphatic carbocycles. The molecule has 5 nitrogen and oxygen atoms in total. The first kappa shape index (κ1) is 15.3. The second-order valence-electron chi connectivity index (χ2n) is 4.77. The lowest BCUT2D eigenvalue weighted by Gasteiger charge is -2.07. The average molecular weight is 288 g/mol. The van der Waals surface area contributed by atoms with Crippen molar-refractivity contribution < 1.29 is 14.9 Å². The smallest absolute Gasteiger partial charge is 0.201 e. The predicted molar refractivity (Wildman–Crippen MR) is 80.4 cm³/mol. The molecule has 21 heavy (non-hydrogen) atoms. The van der Waals surface area contributed by atoms with E-state index >= 15 is 0 Å². The summed E-state index contributed by atoms with van der Waals surface area (Å²) in [4.78, 5) is 12.3. The lowest BCUT2D eigenvalue weighted by molar-refractivity contribution is -0.138. The highest BCUT2D eigenvalue weighted by Gasteiger charge is 2.03. The molecular weight excluding hydrogens is 268 g/mol. The molecule has 0 atom stereocenters. The SMILES string of the molecule is CCCCCCOc1ccc(-c2ncc(OO)cn2)cc1. The van der Waals surface area contributed by atoms with Crippen molar-refractivity contribution in [3.05, 3.63) is 36.7 Å². The Kier molecular flexibility index (Phi) is 5.97. The van der Waals surface area contributed by atoms with Crippen LogP contribution < -0.4 is 9.62 Å². The van der Waals surface area contributed by atoms with E-state index in [1.807, 2.05) is 24.3 Å². The molecule has 0 aliphatic heterocycles. The third-order valence-electron chi connectivity index (χ3n) is 3.11. The summed E-state index contributed by atoms with van der Waals surface area (Å²) in [6, 6.07) is 7.65. The van der Waals surface area contributed by atoms with Crippen molar-refractivity contribution in [2.75, 3.05) is 6.61 Å². The molecule has 0 aliphatic rings. The minimum atomic E-state index is 0.214. The Bertz CT molecular complexity index is 526. The van der Waals surface area contributed by atoms with Gasteiger partial charge < -0.3 is 9.62 Å². The van der Waals surface area contributed by atoms with Crippen LogP contribution >= 0.6 is 0 Å². The number of hydrogen-bond acceptors (Lipinski definition) is 5. The molecule has 0 saturated heterocycles. The highest BCUT2D eigenvalue weighted by atomic mass is 17.1. The van der Waals surface area contributed by atoms with Gasteiger partial charge in [0.15, 0.2) is 5.82 Å². The molecule has 2 aromatic rings. The third kappa shape index (κ3) is 4.72. The molecule has 0 spiro atoms. The van der Waals surface area contributed by atoms with Crippen molar-refractivity contribution in [1.29, 1.82) is 0 Å². The summed E-state index contributed by atoms with van der Waals surface area (Å²) in [5, 5.41) is 8.48. The van der Waals surface area contributed by atoms with E-state index in [9.17, 15) is 0 Å². The van der Waals surface area contributed by atoms with Crippen LogP contribution in [0, 0.1) is 0 Å². The first-order valence-electron chi connectivity index (χ1n) is 7.20. The number of nitrogens with zero attached hydrogens (tertiary/aromatic N) is 2. The van der Waals surface area contributed by atoms with Crippen LogP contribution in [0.5, 0.6) is 11.5 Å². The van der Waals surface area contributed by atoms with Crippen LogP contribution in [0.4, 0.5) is 0 Å². The van der Waals surface area contributed by atoms with Crippen LogP contribution in [0.15, 0.2) is 36.7 Å². The molecule has 5 heteroatoms. The number of unbranched alkanes of at least 4 members (excludes halogenated alkanes) is 3. The van der Waals surface area contributed by atoms with Crippen LogP contribution in [-0.4, -0.2) is 21.8 Å². The zero-order valence-electron chi connectivity index (χ0n) is 12.2. The first-order valence-corrected chi connectivity index (χ1v) is 7.20. The molecule has 0 radical (unpaired) electrons. The summed E-state index contributed by atoms with van der Waals surface area (Å²) in [5.41, 5.74) is 0.887. The van der Waals surface area contributed by atoms with Crippen molar-refractivity contribution in [3.63, 3.8) is 0 Å². The van der Waals surface area contributed by atoms with Crippen LogP contribution in [-0.2, 0) is 0 Å². The lowest BCUT2D eigenvalue weighted by atomic mass is 10.2. The van der Waals surface area contributed by atoms with E-state index < -0.39 is 0 Å². The van der Waals surface area contributed by atoms with Gasteiger partial charge in [-0.25, -0.2) is 15.2 Å². The Morgan fingerprint density at radius 3 is 2.29 bits per heavy atom. The Morgan fingerprint density at radius 1 is 0.952 bits per heavy atom. The zero-order chi connectivity index (χ0) is 14.9. The minimum absolute atomic E-state index is 0.214. The van der Waals surface area contributed by atoms with Gasteiger partial charge in [-0.1, -0.05) is 26.2 Å². The maximum Gasteiger partial charge on any atom is 0.201 e. The standard InChI is InChI=1S/C16H20N2O3/c1-2-3-4-5-10-20-14-8-6-13(7-9-14)16-17-11-15(21-19)12-18-16/h6-9,11-12,19H,2-5,10H2,1H3. The molecule has 1 aromatic heterocycles. The lowest BCUT2D eigenvalue weighted by Crippen LogP contribution is -1.97. The molecule has 0 fully saturated rings. The van der Waals surface area contributed by atoms with Gasteiger partial charge in [-0.3, -0.25) is 0 Å². The molecule has 0 unspecified atom stereocenters. The van der Waals surface area contributed by atoms with Gasteiger partial charge >= 0.3 is 0 Å². The van der Waals surface area contributed by atoms with Crippen molar-refractivity contribution in [1.82, 2.24) is 9.97 Å². The number of benzene rings is 1. The van der Waals surface area contributed by atoms with E-state index in [-0.39, 0.29) is 5.75 Å². The molecular formula is C16H20N2O3. The van der Waals surface area contributed by atoms with Gasteiger partial charge in [0, 0.05) is 5.56 Å². The molecule has 1 heterocycles. The second-order valence-corrected chi connectivity index (χ2v) is 4.77. The topological polar surface area (TPSA) is 64.5 Å². The molecule has 0 bridgehead atoms. The maximum atomic E-state index is 8.48.